The van der Waals surface area contributed by atoms with E-state index in [0.717, 1.165) is 0 Å². The molecule has 0 spiro atoms. The largest absolute Gasteiger partial charge is 0.444 e. The van der Waals surface area contributed by atoms with Crippen molar-refractivity contribution in [1.82, 2.24) is 10.6 Å². The minimum atomic E-state index is -0.773. The van der Waals surface area contributed by atoms with E-state index in [1.54, 1.807) is 20.8 Å². The molecule has 0 bridgehead atoms. The molecule has 0 unspecified atom stereocenters. The monoisotopic (exact) mass is 232 g/mol. The first-order valence-corrected chi connectivity index (χ1v) is 5.12. The van der Waals surface area contributed by atoms with Crippen LogP contribution < -0.4 is 10.6 Å². The minimum absolute atomic E-state index is 0.152. The smallest absolute Gasteiger partial charge is 0.408 e. The van der Waals surface area contributed by atoms with Crippen LogP contribution in [0.25, 0.3) is 0 Å². The minimum Gasteiger partial charge on any atom is -0.444 e. The normalized spacial score (nSPS) is 12.8. The highest BCUT2D eigenvalue weighted by atomic mass is 16.6. The average molecular weight is 232 g/mol. The van der Waals surface area contributed by atoms with Crippen molar-refractivity contribution < 1.29 is 19.4 Å². The second-order valence-corrected chi connectivity index (χ2v) is 4.33. The molecule has 0 aliphatic carbocycles. The number of carbonyl (C=O) groups is 2. The molecule has 0 aromatic heterocycles. The van der Waals surface area contributed by atoms with E-state index < -0.39 is 17.7 Å². The lowest BCUT2D eigenvalue weighted by Gasteiger charge is -2.22. The van der Waals surface area contributed by atoms with Gasteiger partial charge in [-0.15, -0.1) is 0 Å². The van der Waals surface area contributed by atoms with Crippen molar-refractivity contribution in [2.75, 3.05) is 13.7 Å². The maximum atomic E-state index is 11.4. The Morgan fingerprint density at radius 1 is 1.38 bits per heavy atom. The van der Waals surface area contributed by atoms with Crippen molar-refractivity contribution in [3.8, 4) is 0 Å². The first-order valence-electron chi connectivity index (χ1n) is 5.12. The van der Waals surface area contributed by atoms with E-state index in [2.05, 4.69) is 10.6 Å². The van der Waals surface area contributed by atoms with Gasteiger partial charge in [-0.1, -0.05) is 0 Å². The Morgan fingerprint density at radius 2 is 1.94 bits per heavy atom. The fraction of sp³-hybridized carbons (Fsp3) is 0.800. The zero-order valence-electron chi connectivity index (χ0n) is 10.2. The summed E-state index contributed by atoms with van der Waals surface area (Å²) in [5.74, 6) is -0.361. The molecule has 1 atom stereocenters. The molecule has 2 amide bonds. The standard InChI is InChI=1S/C10H20N2O4/c1-10(2,3)16-9(15)12-7(5-6-13)8(14)11-4/h7,13H,5-6H2,1-4H3,(H,11,14)(H,12,15)/t7-/m1/s1. The summed E-state index contributed by atoms with van der Waals surface area (Å²) in [6.07, 6.45) is -0.520. The number of rotatable bonds is 4. The van der Waals surface area contributed by atoms with Crippen LogP contribution in [0.15, 0.2) is 0 Å². The van der Waals surface area contributed by atoms with Gasteiger partial charge < -0.3 is 20.5 Å². The lowest BCUT2D eigenvalue weighted by molar-refractivity contribution is -0.123. The second kappa shape index (κ2) is 6.32. The topological polar surface area (TPSA) is 87.7 Å². The molecule has 0 heterocycles. The van der Waals surface area contributed by atoms with Crippen molar-refractivity contribution in [2.24, 2.45) is 0 Å². The molecule has 0 aliphatic heterocycles. The van der Waals surface area contributed by atoms with Crippen LogP contribution in [0.2, 0.25) is 0 Å². The number of amides is 2. The van der Waals surface area contributed by atoms with E-state index in [1.165, 1.54) is 7.05 Å². The fourth-order valence-corrected chi connectivity index (χ4v) is 1.02. The molecule has 3 N–H and O–H groups in total. The quantitative estimate of drug-likeness (QED) is 0.637. The number of aliphatic hydroxyl groups excluding tert-OH is 1. The van der Waals surface area contributed by atoms with E-state index in [-0.39, 0.29) is 18.9 Å². The van der Waals surface area contributed by atoms with Gasteiger partial charge in [0, 0.05) is 13.7 Å². The first-order chi connectivity index (χ1) is 7.30. The Kier molecular flexibility index (Phi) is 5.81. The van der Waals surface area contributed by atoms with Crippen LogP contribution in [-0.4, -0.2) is 42.4 Å². The molecule has 16 heavy (non-hydrogen) atoms. The van der Waals surface area contributed by atoms with Crippen LogP contribution in [-0.2, 0) is 9.53 Å². The fourth-order valence-electron chi connectivity index (χ4n) is 1.02. The van der Waals surface area contributed by atoms with Gasteiger partial charge in [0.05, 0.1) is 0 Å². The van der Waals surface area contributed by atoms with Gasteiger partial charge in [0.15, 0.2) is 0 Å². The molecule has 6 heteroatoms. The number of alkyl carbamates (subject to hydrolysis) is 1. The molecule has 0 rings (SSSR count). The SMILES string of the molecule is CNC(=O)[C@@H](CCO)NC(=O)OC(C)(C)C. The van der Waals surface area contributed by atoms with Gasteiger partial charge in [0.25, 0.3) is 0 Å². The van der Waals surface area contributed by atoms with E-state index in [0.29, 0.717) is 0 Å². The third-order valence-corrected chi connectivity index (χ3v) is 1.67. The Labute approximate surface area is 95.4 Å². The predicted molar refractivity (Wildman–Crippen MR) is 58.9 cm³/mol. The second-order valence-electron chi connectivity index (χ2n) is 4.33. The third kappa shape index (κ3) is 6.23. The number of likely N-dealkylation sites (N-methyl/N-ethyl adjacent to an activating group) is 1. The molecule has 0 saturated carbocycles. The maximum Gasteiger partial charge on any atom is 0.408 e. The molecular weight excluding hydrogens is 212 g/mol. The van der Waals surface area contributed by atoms with Crippen LogP contribution in [0.4, 0.5) is 4.79 Å². The lowest BCUT2D eigenvalue weighted by atomic mass is 10.2. The molecule has 0 fully saturated rings. The van der Waals surface area contributed by atoms with Crippen molar-refractivity contribution in [3.63, 3.8) is 0 Å². The van der Waals surface area contributed by atoms with E-state index in [1.807, 2.05) is 0 Å². The number of aliphatic hydroxyl groups is 1. The molecule has 94 valence electrons. The lowest BCUT2D eigenvalue weighted by Crippen LogP contribution is -2.47. The van der Waals surface area contributed by atoms with Crippen LogP contribution in [0.3, 0.4) is 0 Å². The summed E-state index contributed by atoms with van der Waals surface area (Å²) in [5, 5.41) is 13.5. The van der Waals surface area contributed by atoms with Gasteiger partial charge in [-0.2, -0.15) is 0 Å². The summed E-state index contributed by atoms with van der Waals surface area (Å²) in [5.41, 5.74) is -0.615. The van der Waals surface area contributed by atoms with Crippen LogP contribution in [0.1, 0.15) is 27.2 Å². The summed E-state index contributed by atoms with van der Waals surface area (Å²) in [4.78, 5) is 22.7. The molecular formula is C10H20N2O4. The Bertz CT molecular complexity index is 248. The molecule has 0 aromatic carbocycles. The Balaban J connectivity index is 4.29. The highest BCUT2D eigenvalue weighted by molar-refractivity contribution is 5.85. The summed E-state index contributed by atoms with van der Waals surface area (Å²) in [7, 11) is 1.46. The van der Waals surface area contributed by atoms with Crippen molar-refractivity contribution >= 4 is 12.0 Å². The van der Waals surface area contributed by atoms with Gasteiger partial charge in [-0.05, 0) is 27.2 Å². The number of carbonyl (C=O) groups excluding carboxylic acids is 2. The average Bonchev–Trinajstić information content (AvgIpc) is 2.13. The van der Waals surface area contributed by atoms with Crippen molar-refractivity contribution in [2.45, 2.75) is 38.8 Å². The third-order valence-electron chi connectivity index (χ3n) is 1.67. The number of hydrogen-bond donors (Lipinski definition) is 3. The summed E-state index contributed by atoms with van der Waals surface area (Å²) >= 11 is 0. The van der Waals surface area contributed by atoms with Gasteiger partial charge >= 0.3 is 6.09 Å². The summed E-state index contributed by atoms with van der Waals surface area (Å²) in [6.45, 7) is 5.00. The van der Waals surface area contributed by atoms with Crippen molar-refractivity contribution in [1.29, 1.82) is 0 Å². The predicted octanol–water partition coefficient (Wildman–Crippen LogP) is 0.00810. The van der Waals surface area contributed by atoms with Gasteiger partial charge in [0.1, 0.15) is 11.6 Å². The van der Waals surface area contributed by atoms with E-state index in [4.69, 9.17) is 9.84 Å². The number of hydrogen-bond acceptors (Lipinski definition) is 4. The van der Waals surface area contributed by atoms with Crippen molar-refractivity contribution in [3.05, 3.63) is 0 Å². The van der Waals surface area contributed by atoms with Gasteiger partial charge in [-0.25, -0.2) is 4.79 Å². The van der Waals surface area contributed by atoms with Crippen LogP contribution in [0, 0.1) is 0 Å². The highest BCUT2D eigenvalue weighted by Crippen LogP contribution is 2.07. The number of ether oxygens (including phenoxy) is 1. The first kappa shape index (κ1) is 14.7. The van der Waals surface area contributed by atoms with E-state index in [9.17, 15) is 9.59 Å². The van der Waals surface area contributed by atoms with E-state index >= 15 is 0 Å². The zero-order chi connectivity index (χ0) is 12.8. The highest BCUT2D eigenvalue weighted by Gasteiger charge is 2.22. The molecule has 0 radical (unpaired) electrons. The summed E-state index contributed by atoms with van der Waals surface area (Å²) in [6, 6.07) is -0.773. The van der Waals surface area contributed by atoms with Gasteiger partial charge in [0.2, 0.25) is 5.91 Å². The zero-order valence-corrected chi connectivity index (χ0v) is 10.2. The summed E-state index contributed by atoms with van der Waals surface area (Å²) < 4.78 is 5.00. The molecule has 6 nitrogen and oxygen atoms in total. The Hall–Kier alpha value is -1.30. The Morgan fingerprint density at radius 3 is 2.31 bits per heavy atom. The molecule has 0 aromatic rings. The number of nitrogens with one attached hydrogen (secondary N) is 2. The maximum absolute atomic E-state index is 11.4. The van der Waals surface area contributed by atoms with Crippen LogP contribution in [0.5, 0.6) is 0 Å². The molecule has 0 aliphatic rings. The molecule has 0 saturated heterocycles. The van der Waals surface area contributed by atoms with Crippen LogP contribution >= 0.6 is 0 Å². The van der Waals surface area contributed by atoms with Gasteiger partial charge in [-0.3, -0.25) is 4.79 Å².